The molecule has 2 aromatic rings. The van der Waals surface area contributed by atoms with Gasteiger partial charge >= 0.3 is 0 Å². The first kappa shape index (κ1) is 13.3. The normalized spacial score (nSPS) is 10.3. The summed E-state index contributed by atoms with van der Waals surface area (Å²) in [5.74, 6) is 0.0103. The topological polar surface area (TPSA) is 26.3 Å². The molecule has 0 heterocycles. The van der Waals surface area contributed by atoms with Crippen molar-refractivity contribution in [3.8, 4) is 11.5 Å². The van der Waals surface area contributed by atoms with Gasteiger partial charge in [-0.25, -0.2) is 4.39 Å². The smallest absolute Gasteiger partial charge is 0.166 e. The van der Waals surface area contributed by atoms with Gasteiger partial charge in [0.15, 0.2) is 5.78 Å². The molecule has 0 aliphatic carbocycles. The summed E-state index contributed by atoms with van der Waals surface area (Å²) in [7, 11) is 0. The van der Waals surface area contributed by atoms with E-state index in [2.05, 4.69) is 0 Å². The number of aryl methyl sites for hydroxylation is 2. The fraction of sp³-hybridized carbons (Fsp3) is 0.188. The van der Waals surface area contributed by atoms with Crippen LogP contribution in [0.4, 0.5) is 4.39 Å². The predicted molar refractivity (Wildman–Crippen MR) is 72.4 cm³/mol. The van der Waals surface area contributed by atoms with Gasteiger partial charge in [-0.15, -0.1) is 0 Å². The minimum atomic E-state index is -0.559. The Kier molecular flexibility index (Phi) is 3.65. The Morgan fingerprint density at radius 1 is 1.05 bits per heavy atom. The van der Waals surface area contributed by atoms with Crippen molar-refractivity contribution in [2.24, 2.45) is 0 Å². The summed E-state index contributed by atoms with van der Waals surface area (Å²) in [6.07, 6.45) is 0. The number of carbonyl (C=O) groups excluding carboxylic acids is 1. The average Bonchev–Trinajstić information content (AvgIpc) is 2.33. The van der Waals surface area contributed by atoms with Crippen LogP contribution >= 0.6 is 0 Å². The van der Waals surface area contributed by atoms with E-state index >= 15 is 0 Å². The van der Waals surface area contributed by atoms with Crippen molar-refractivity contribution in [2.75, 3.05) is 0 Å². The maximum Gasteiger partial charge on any atom is 0.166 e. The van der Waals surface area contributed by atoms with Crippen LogP contribution in [0.25, 0.3) is 0 Å². The van der Waals surface area contributed by atoms with Crippen molar-refractivity contribution in [1.29, 1.82) is 0 Å². The number of ketones is 1. The van der Waals surface area contributed by atoms with Crippen LogP contribution in [0, 0.1) is 19.7 Å². The third-order valence-corrected chi connectivity index (χ3v) is 2.95. The number of benzene rings is 2. The second kappa shape index (κ2) is 5.22. The van der Waals surface area contributed by atoms with Gasteiger partial charge in [-0.1, -0.05) is 24.3 Å². The second-order valence-electron chi connectivity index (χ2n) is 4.49. The molecule has 0 saturated carbocycles. The van der Waals surface area contributed by atoms with Crippen LogP contribution < -0.4 is 4.74 Å². The van der Waals surface area contributed by atoms with Crippen LogP contribution in [0.15, 0.2) is 36.4 Å². The Balaban J connectivity index is 2.50. The van der Waals surface area contributed by atoms with Crippen LogP contribution in [0.3, 0.4) is 0 Å². The van der Waals surface area contributed by atoms with Crippen LogP contribution in [0.1, 0.15) is 28.4 Å². The molecule has 3 heteroatoms. The van der Waals surface area contributed by atoms with E-state index in [4.69, 9.17) is 4.74 Å². The largest absolute Gasteiger partial charge is 0.456 e. The maximum atomic E-state index is 13.7. The van der Waals surface area contributed by atoms with Gasteiger partial charge < -0.3 is 4.74 Å². The first-order valence-electron chi connectivity index (χ1n) is 6.04. The molecule has 0 aromatic heterocycles. The minimum Gasteiger partial charge on any atom is -0.456 e. The monoisotopic (exact) mass is 258 g/mol. The van der Waals surface area contributed by atoms with E-state index in [0.717, 1.165) is 11.1 Å². The van der Waals surface area contributed by atoms with Crippen molar-refractivity contribution in [3.05, 3.63) is 58.9 Å². The summed E-state index contributed by atoms with van der Waals surface area (Å²) in [4.78, 5) is 11.5. The van der Waals surface area contributed by atoms with E-state index in [0.29, 0.717) is 5.75 Å². The highest BCUT2D eigenvalue weighted by Crippen LogP contribution is 2.31. The van der Waals surface area contributed by atoms with E-state index in [9.17, 15) is 9.18 Å². The maximum absolute atomic E-state index is 13.7. The quantitative estimate of drug-likeness (QED) is 0.761. The van der Waals surface area contributed by atoms with Crippen LogP contribution in [0.2, 0.25) is 0 Å². The van der Waals surface area contributed by atoms with Gasteiger partial charge in [-0.3, -0.25) is 4.79 Å². The summed E-state index contributed by atoms with van der Waals surface area (Å²) >= 11 is 0. The average molecular weight is 258 g/mol. The number of para-hydroxylation sites is 1. The number of carbonyl (C=O) groups is 1. The number of hydrogen-bond donors (Lipinski definition) is 0. The molecule has 0 radical (unpaired) electrons. The summed E-state index contributed by atoms with van der Waals surface area (Å²) in [6.45, 7) is 5.15. The third kappa shape index (κ3) is 2.65. The van der Waals surface area contributed by atoms with Crippen molar-refractivity contribution in [1.82, 2.24) is 0 Å². The van der Waals surface area contributed by atoms with Gasteiger partial charge in [0.05, 0.1) is 5.56 Å². The van der Waals surface area contributed by atoms with Crippen LogP contribution in [0.5, 0.6) is 11.5 Å². The number of rotatable bonds is 3. The van der Waals surface area contributed by atoms with E-state index < -0.39 is 5.82 Å². The molecule has 98 valence electrons. The van der Waals surface area contributed by atoms with Gasteiger partial charge in [-0.05, 0) is 44.0 Å². The molecule has 0 fully saturated rings. The fourth-order valence-electron chi connectivity index (χ4n) is 2.00. The summed E-state index contributed by atoms with van der Waals surface area (Å²) in [6, 6.07) is 10.1. The molecule has 0 atom stereocenters. The minimum absolute atomic E-state index is 0.00912. The molecule has 2 rings (SSSR count). The zero-order valence-corrected chi connectivity index (χ0v) is 11.2. The zero-order chi connectivity index (χ0) is 14.0. The van der Waals surface area contributed by atoms with Gasteiger partial charge in [0.1, 0.15) is 17.3 Å². The number of Topliss-reactive ketones (excluding diaryl/α,β-unsaturated/α-hetero) is 1. The second-order valence-corrected chi connectivity index (χ2v) is 4.49. The lowest BCUT2D eigenvalue weighted by Crippen LogP contribution is -2.02. The highest BCUT2D eigenvalue weighted by Gasteiger charge is 2.16. The van der Waals surface area contributed by atoms with E-state index in [1.807, 2.05) is 32.0 Å². The van der Waals surface area contributed by atoms with Gasteiger partial charge in [0, 0.05) is 0 Å². The Labute approximate surface area is 111 Å². The molecule has 0 N–H and O–H groups in total. The molecule has 0 bridgehead atoms. The third-order valence-electron chi connectivity index (χ3n) is 2.95. The molecule has 0 saturated heterocycles. The standard InChI is InChI=1S/C16H15FO2/c1-10-6-4-7-11(2)16(10)19-14-9-5-8-13(17)15(14)12(3)18/h4-9H,1-3H3. The first-order valence-corrected chi connectivity index (χ1v) is 6.04. The summed E-state index contributed by atoms with van der Waals surface area (Å²) in [5.41, 5.74) is 1.88. The van der Waals surface area contributed by atoms with Crippen molar-refractivity contribution < 1.29 is 13.9 Å². The molecule has 0 unspecified atom stereocenters. The highest BCUT2D eigenvalue weighted by atomic mass is 19.1. The van der Waals surface area contributed by atoms with E-state index in [1.54, 1.807) is 6.07 Å². The fourth-order valence-corrected chi connectivity index (χ4v) is 2.00. The first-order chi connectivity index (χ1) is 9.00. The Morgan fingerprint density at radius 2 is 1.63 bits per heavy atom. The number of ether oxygens (including phenoxy) is 1. The molecule has 2 aromatic carbocycles. The molecular formula is C16H15FO2. The predicted octanol–water partition coefficient (Wildman–Crippen LogP) is 4.44. The van der Waals surface area contributed by atoms with Gasteiger partial charge in [0.2, 0.25) is 0 Å². The van der Waals surface area contributed by atoms with Crippen LogP contribution in [-0.2, 0) is 0 Å². The zero-order valence-electron chi connectivity index (χ0n) is 11.2. The van der Waals surface area contributed by atoms with Crippen molar-refractivity contribution >= 4 is 5.78 Å². The Bertz CT molecular complexity index is 612. The summed E-state index contributed by atoms with van der Waals surface area (Å²) < 4.78 is 19.5. The molecule has 0 amide bonds. The summed E-state index contributed by atoms with van der Waals surface area (Å²) in [5, 5.41) is 0. The molecule has 0 spiro atoms. The Morgan fingerprint density at radius 3 is 2.21 bits per heavy atom. The highest BCUT2D eigenvalue weighted by molar-refractivity contribution is 5.97. The van der Waals surface area contributed by atoms with Gasteiger partial charge in [-0.2, -0.15) is 0 Å². The molecular weight excluding hydrogens is 243 g/mol. The molecule has 2 nitrogen and oxygen atoms in total. The lowest BCUT2D eigenvalue weighted by Gasteiger charge is -2.14. The van der Waals surface area contributed by atoms with Crippen LogP contribution in [-0.4, -0.2) is 5.78 Å². The molecule has 19 heavy (non-hydrogen) atoms. The van der Waals surface area contributed by atoms with Gasteiger partial charge in [0.25, 0.3) is 0 Å². The van der Waals surface area contributed by atoms with Crippen molar-refractivity contribution in [2.45, 2.75) is 20.8 Å². The Hall–Kier alpha value is -2.16. The lowest BCUT2D eigenvalue weighted by molar-refractivity contribution is 0.101. The van der Waals surface area contributed by atoms with Crippen molar-refractivity contribution in [3.63, 3.8) is 0 Å². The number of hydrogen-bond acceptors (Lipinski definition) is 2. The number of halogens is 1. The molecule has 0 aliphatic rings. The SMILES string of the molecule is CC(=O)c1c(F)cccc1Oc1c(C)cccc1C. The van der Waals surface area contributed by atoms with E-state index in [1.165, 1.54) is 19.1 Å². The molecule has 0 aliphatic heterocycles. The van der Waals surface area contributed by atoms with E-state index in [-0.39, 0.29) is 17.1 Å². The lowest BCUT2D eigenvalue weighted by atomic mass is 10.1.